The maximum atomic E-state index is 13.5. The van der Waals surface area contributed by atoms with E-state index in [4.69, 9.17) is 12.2 Å². The van der Waals surface area contributed by atoms with Crippen molar-refractivity contribution in [3.05, 3.63) is 120 Å². The van der Waals surface area contributed by atoms with Gasteiger partial charge in [-0.05, 0) is 66.3 Å². The van der Waals surface area contributed by atoms with Crippen molar-refractivity contribution in [3.8, 4) is 5.69 Å². The summed E-state index contributed by atoms with van der Waals surface area (Å²) in [5.74, 6) is -0.252. The number of aromatic nitrogens is 2. The van der Waals surface area contributed by atoms with Crippen molar-refractivity contribution >= 4 is 17.3 Å². The second-order valence-electron chi connectivity index (χ2n) is 7.52. The van der Waals surface area contributed by atoms with Crippen molar-refractivity contribution in [1.29, 1.82) is 0 Å². The quantitative estimate of drug-likeness (QED) is 0.444. The summed E-state index contributed by atoms with van der Waals surface area (Å²) in [6.07, 6.45) is 3.80. The first kappa shape index (κ1) is 19.5. The van der Waals surface area contributed by atoms with Gasteiger partial charge in [-0.15, -0.1) is 0 Å². The van der Waals surface area contributed by atoms with Crippen LogP contribution in [-0.2, 0) is 6.54 Å². The van der Waals surface area contributed by atoms with E-state index >= 15 is 0 Å². The zero-order valence-electron chi connectivity index (χ0n) is 16.7. The standard InChI is InChI=1S/C25H21FN4S/c26-19-11-13-20(14-12-19)29-16-6-10-22(29)24-23(21-9-4-5-15-27-21)28-25(31)30(24)17-18-7-2-1-3-8-18/h1-16,23-24H,17H2,(H,28,31)/t23-,24+/m1/s1. The van der Waals surface area contributed by atoms with Gasteiger partial charge in [0.15, 0.2) is 5.11 Å². The SMILES string of the molecule is Fc1ccc(-n2cccc2[C@H]2[C@@H](c3ccccn3)NC(=S)N2Cc2ccccc2)cc1. The molecule has 0 aliphatic carbocycles. The summed E-state index contributed by atoms with van der Waals surface area (Å²) in [4.78, 5) is 6.81. The summed E-state index contributed by atoms with van der Waals surface area (Å²) in [7, 11) is 0. The molecule has 1 saturated heterocycles. The summed E-state index contributed by atoms with van der Waals surface area (Å²) in [6, 6.07) is 26.7. The highest BCUT2D eigenvalue weighted by Crippen LogP contribution is 2.40. The molecule has 0 saturated carbocycles. The third-order valence-electron chi connectivity index (χ3n) is 5.58. The molecule has 0 unspecified atom stereocenters. The molecule has 0 amide bonds. The molecule has 4 aromatic rings. The second-order valence-corrected chi connectivity index (χ2v) is 7.91. The van der Waals surface area contributed by atoms with Gasteiger partial charge in [-0.2, -0.15) is 0 Å². The van der Waals surface area contributed by atoms with Crippen LogP contribution in [0.1, 0.15) is 29.0 Å². The van der Waals surface area contributed by atoms with Crippen molar-refractivity contribution in [2.75, 3.05) is 0 Å². The number of rotatable bonds is 5. The van der Waals surface area contributed by atoms with Crippen LogP contribution in [0.15, 0.2) is 97.3 Å². The van der Waals surface area contributed by atoms with E-state index in [1.165, 1.54) is 17.7 Å². The van der Waals surface area contributed by atoms with Gasteiger partial charge in [0.2, 0.25) is 0 Å². The van der Waals surface area contributed by atoms with Gasteiger partial charge < -0.3 is 14.8 Å². The minimum atomic E-state index is -0.252. The van der Waals surface area contributed by atoms with Crippen molar-refractivity contribution in [1.82, 2.24) is 19.8 Å². The van der Waals surface area contributed by atoms with E-state index in [-0.39, 0.29) is 17.9 Å². The summed E-state index contributed by atoms with van der Waals surface area (Å²) in [5.41, 5.74) is 4.07. The maximum absolute atomic E-state index is 13.5. The molecule has 2 aromatic heterocycles. The summed E-state index contributed by atoms with van der Waals surface area (Å²) >= 11 is 5.77. The van der Waals surface area contributed by atoms with Gasteiger partial charge in [0.05, 0.1) is 17.8 Å². The largest absolute Gasteiger partial charge is 0.352 e. The minimum Gasteiger partial charge on any atom is -0.352 e. The van der Waals surface area contributed by atoms with E-state index in [2.05, 4.69) is 38.0 Å². The third kappa shape index (κ3) is 3.82. The van der Waals surface area contributed by atoms with Crippen LogP contribution < -0.4 is 5.32 Å². The smallest absolute Gasteiger partial charge is 0.170 e. The van der Waals surface area contributed by atoms with Gasteiger partial charge in [0.25, 0.3) is 0 Å². The second kappa shape index (κ2) is 8.32. The highest BCUT2D eigenvalue weighted by atomic mass is 32.1. The highest BCUT2D eigenvalue weighted by molar-refractivity contribution is 7.80. The zero-order chi connectivity index (χ0) is 21.2. The van der Waals surface area contributed by atoms with Crippen LogP contribution in [0.3, 0.4) is 0 Å². The summed E-state index contributed by atoms with van der Waals surface area (Å²) in [6.45, 7) is 0.676. The van der Waals surface area contributed by atoms with E-state index < -0.39 is 0 Å². The van der Waals surface area contributed by atoms with E-state index in [1.807, 2.05) is 48.7 Å². The van der Waals surface area contributed by atoms with E-state index in [9.17, 15) is 4.39 Å². The lowest BCUT2D eigenvalue weighted by Crippen LogP contribution is -2.30. The molecule has 2 aromatic carbocycles. The van der Waals surface area contributed by atoms with Gasteiger partial charge in [0.1, 0.15) is 5.82 Å². The zero-order valence-corrected chi connectivity index (χ0v) is 17.5. The molecular weight excluding hydrogens is 407 g/mol. The monoisotopic (exact) mass is 428 g/mol. The number of pyridine rings is 1. The Balaban J connectivity index is 1.60. The lowest BCUT2D eigenvalue weighted by molar-refractivity contribution is 0.302. The molecule has 3 heterocycles. The average molecular weight is 429 g/mol. The number of halogens is 1. The molecule has 2 atom stereocenters. The minimum absolute atomic E-state index is 0.0809. The fourth-order valence-corrected chi connectivity index (χ4v) is 4.45. The molecule has 1 N–H and O–H groups in total. The molecule has 154 valence electrons. The topological polar surface area (TPSA) is 33.1 Å². The van der Waals surface area contributed by atoms with Crippen LogP contribution in [0, 0.1) is 5.82 Å². The molecule has 6 heteroatoms. The molecule has 1 aliphatic rings. The highest BCUT2D eigenvalue weighted by Gasteiger charge is 2.41. The van der Waals surface area contributed by atoms with Crippen molar-refractivity contribution in [2.45, 2.75) is 18.6 Å². The van der Waals surface area contributed by atoms with Crippen LogP contribution in [0.4, 0.5) is 4.39 Å². The van der Waals surface area contributed by atoms with E-state index in [0.717, 1.165) is 17.1 Å². The molecule has 31 heavy (non-hydrogen) atoms. The number of hydrogen-bond acceptors (Lipinski definition) is 2. The normalized spacial score (nSPS) is 18.2. The van der Waals surface area contributed by atoms with Crippen molar-refractivity contribution in [3.63, 3.8) is 0 Å². The number of thiocarbonyl (C=S) groups is 1. The Morgan fingerprint density at radius 3 is 2.42 bits per heavy atom. The number of benzene rings is 2. The Labute approximate surface area is 186 Å². The Morgan fingerprint density at radius 2 is 1.68 bits per heavy atom. The third-order valence-corrected chi connectivity index (χ3v) is 5.93. The van der Waals surface area contributed by atoms with Crippen molar-refractivity contribution in [2.24, 2.45) is 0 Å². The van der Waals surface area contributed by atoms with Gasteiger partial charge in [0, 0.05) is 30.3 Å². The Bertz CT molecular complexity index is 1180. The molecular formula is C25H21FN4S. The van der Waals surface area contributed by atoms with Gasteiger partial charge in [-0.25, -0.2) is 4.39 Å². The van der Waals surface area contributed by atoms with Crippen LogP contribution in [0.5, 0.6) is 0 Å². The number of hydrogen-bond donors (Lipinski definition) is 1. The molecule has 4 nitrogen and oxygen atoms in total. The van der Waals surface area contributed by atoms with Crippen molar-refractivity contribution < 1.29 is 4.39 Å². The Morgan fingerprint density at radius 1 is 0.903 bits per heavy atom. The number of nitrogens with one attached hydrogen (secondary N) is 1. The van der Waals surface area contributed by atoms with Gasteiger partial charge in [-0.1, -0.05) is 36.4 Å². The summed E-state index contributed by atoms with van der Waals surface area (Å²) in [5, 5.41) is 4.18. The molecule has 1 fully saturated rings. The van der Waals surface area contributed by atoms with Crippen LogP contribution >= 0.6 is 12.2 Å². The van der Waals surface area contributed by atoms with E-state index in [1.54, 1.807) is 18.3 Å². The molecule has 5 rings (SSSR count). The molecule has 1 aliphatic heterocycles. The van der Waals surface area contributed by atoms with Crippen LogP contribution in [-0.4, -0.2) is 19.6 Å². The first-order valence-electron chi connectivity index (χ1n) is 10.2. The predicted molar refractivity (Wildman–Crippen MR) is 123 cm³/mol. The maximum Gasteiger partial charge on any atom is 0.170 e. The first-order chi connectivity index (χ1) is 15.2. The van der Waals surface area contributed by atoms with Gasteiger partial charge in [-0.3, -0.25) is 4.98 Å². The average Bonchev–Trinajstić information content (AvgIpc) is 3.40. The Kier molecular flexibility index (Phi) is 5.22. The fraction of sp³-hybridized carbons (Fsp3) is 0.120. The Hall–Kier alpha value is -3.51. The number of nitrogens with zero attached hydrogens (tertiary/aromatic N) is 3. The van der Waals surface area contributed by atoms with E-state index in [0.29, 0.717) is 11.7 Å². The first-order valence-corrected chi connectivity index (χ1v) is 10.6. The lowest BCUT2D eigenvalue weighted by Gasteiger charge is -2.29. The van der Waals surface area contributed by atoms with Crippen LogP contribution in [0.2, 0.25) is 0 Å². The molecule has 0 spiro atoms. The fourth-order valence-electron chi connectivity index (χ4n) is 4.15. The lowest BCUT2D eigenvalue weighted by atomic mass is 10.0. The molecule has 0 radical (unpaired) electrons. The van der Waals surface area contributed by atoms with Gasteiger partial charge >= 0.3 is 0 Å². The molecule has 0 bridgehead atoms. The van der Waals surface area contributed by atoms with Crippen LogP contribution in [0.25, 0.3) is 5.69 Å². The summed E-state index contributed by atoms with van der Waals surface area (Å²) < 4.78 is 15.6. The predicted octanol–water partition coefficient (Wildman–Crippen LogP) is 5.18.